The first-order valence-electron chi connectivity index (χ1n) is 3.72. The third kappa shape index (κ3) is 4.79. The summed E-state index contributed by atoms with van der Waals surface area (Å²) in [6.45, 7) is 0. The van der Waals surface area contributed by atoms with Gasteiger partial charge in [-0.25, -0.2) is 30.0 Å². The Hall–Kier alpha value is -0.860. The van der Waals surface area contributed by atoms with Crippen molar-refractivity contribution >= 4 is 36.0 Å². The third-order valence-corrected chi connectivity index (χ3v) is 4.65. The molecule has 0 aromatic carbocycles. The van der Waals surface area contributed by atoms with E-state index in [0.29, 0.717) is 10.4 Å². The summed E-state index contributed by atoms with van der Waals surface area (Å²) in [4.78, 5) is 10.8. The van der Waals surface area contributed by atoms with Gasteiger partial charge in [0.25, 0.3) is 10.0 Å². The molecule has 1 amide bonds. The average molecular weight is 330 g/mol. The first-order chi connectivity index (χ1) is 7.58. The number of carbonyl (C=O) groups excluding carboxylic acids is 1. The van der Waals surface area contributed by atoms with Gasteiger partial charge in [-0.05, 0) is 0 Å². The zero-order valence-corrected chi connectivity index (χ0v) is 11.3. The molecule has 0 fully saturated rings. The minimum absolute atomic E-state index is 0.259. The second-order valence-corrected chi connectivity index (χ2v) is 8.56. The lowest BCUT2D eigenvalue weighted by Gasteiger charge is -2.15. The molecule has 0 aromatic rings. The fourth-order valence-corrected chi connectivity index (χ4v) is 3.44. The van der Waals surface area contributed by atoms with Crippen LogP contribution in [0.15, 0.2) is 0 Å². The number of hydrogen-bond donors (Lipinski definition) is 2. The van der Waals surface area contributed by atoms with Crippen LogP contribution in [0.25, 0.3) is 0 Å². The van der Waals surface area contributed by atoms with Gasteiger partial charge in [-0.15, -0.1) is 4.13 Å². The normalized spacial score (nSPS) is 14.2. The van der Waals surface area contributed by atoms with E-state index in [1.807, 2.05) is 0 Å². The molecule has 0 spiro atoms. The monoisotopic (exact) mass is 330 g/mol. The van der Waals surface area contributed by atoms with Gasteiger partial charge in [0, 0.05) is 0 Å². The van der Waals surface area contributed by atoms with Crippen molar-refractivity contribution in [1.29, 1.82) is 0 Å². The van der Waals surface area contributed by atoms with E-state index < -0.39 is 41.2 Å². The van der Waals surface area contributed by atoms with Gasteiger partial charge < -0.3 is 0 Å². The molecule has 0 bridgehead atoms. The molecule has 0 heterocycles. The highest BCUT2D eigenvalue weighted by molar-refractivity contribution is 8.05. The number of amides is 1. The molecule has 0 atom stereocenters. The van der Waals surface area contributed by atoms with Crippen LogP contribution in [0.2, 0.25) is 0 Å². The molecular weight excluding hydrogens is 322 g/mol. The Labute approximate surface area is 102 Å². The minimum Gasteiger partial charge on any atom is -0.266 e. The second-order valence-electron chi connectivity index (χ2n) is 3.08. The summed E-state index contributed by atoms with van der Waals surface area (Å²) in [6, 6.07) is 0. The predicted molar refractivity (Wildman–Crippen MR) is 54.8 cm³/mol. The quantitative estimate of drug-likeness (QED) is 0.568. The van der Waals surface area contributed by atoms with Crippen molar-refractivity contribution < 1.29 is 38.8 Å². The van der Waals surface area contributed by atoms with Crippen molar-refractivity contribution in [2.45, 2.75) is 5.25 Å². The maximum Gasteiger partial charge on any atom is 0.437 e. The van der Waals surface area contributed by atoms with Gasteiger partial charge in [-0.1, -0.05) is 0 Å². The molecule has 18 heavy (non-hydrogen) atoms. The first-order valence-corrected chi connectivity index (χ1v) is 8.98. The van der Waals surface area contributed by atoms with Gasteiger partial charge in [-0.3, -0.25) is 4.79 Å². The minimum atomic E-state index is -5.94. The maximum atomic E-state index is 13.1. The van der Waals surface area contributed by atoms with Crippen LogP contribution in [0.5, 0.6) is 0 Å². The molecule has 0 aromatic heterocycles. The van der Waals surface area contributed by atoms with Gasteiger partial charge in [0.15, 0.2) is 0 Å². The van der Waals surface area contributed by atoms with E-state index in [1.165, 1.54) is 0 Å². The van der Waals surface area contributed by atoms with E-state index >= 15 is 0 Å². The number of alkyl halides is 2. The van der Waals surface area contributed by atoms with E-state index in [2.05, 4.69) is 0 Å². The summed E-state index contributed by atoms with van der Waals surface area (Å²) in [5.74, 6) is -2.69. The van der Waals surface area contributed by atoms with Crippen LogP contribution in [-0.4, -0.2) is 48.9 Å². The van der Waals surface area contributed by atoms with Gasteiger partial charge in [0.05, 0.1) is 12.5 Å². The lowest BCUT2D eigenvalue weighted by Crippen LogP contribution is -2.52. The fraction of sp³-hybridized carbons (Fsp3) is 0.750. The summed E-state index contributed by atoms with van der Waals surface area (Å²) in [6.07, 6.45) is 0.590. The van der Waals surface area contributed by atoms with Crippen LogP contribution in [-0.2, 0) is 34.9 Å². The molecule has 0 aliphatic carbocycles. The van der Waals surface area contributed by atoms with E-state index in [1.54, 1.807) is 0 Å². The van der Waals surface area contributed by atoms with Crippen LogP contribution >= 0.6 is 0 Å². The van der Waals surface area contributed by atoms with Crippen LogP contribution < -0.4 is 8.85 Å². The molecule has 2 N–H and O–H groups in total. The summed E-state index contributed by atoms with van der Waals surface area (Å²) in [5.41, 5.74) is 0. The third-order valence-electron chi connectivity index (χ3n) is 1.14. The Bertz CT molecular complexity index is 647. The highest BCUT2D eigenvalue weighted by Gasteiger charge is 2.54. The first kappa shape index (κ1) is 17.1. The SMILES string of the molecule is CS(=O)(=O)NC(=O)C(F)(F)S(=O)(=O)NS(C)(=O)=O. The largest absolute Gasteiger partial charge is 0.437 e. The number of carbonyl (C=O) groups is 1. The lowest BCUT2D eigenvalue weighted by atomic mass is 10.7. The number of nitrogens with one attached hydrogen (secondary N) is 2. The van der Waals surface area contributed by atoms with Crippen LogP contribution in [0.4, 0.5) is 8.78 Å². The molecule has 0 aliphatic heterocycles. The molecule has 0 radical (unpaired) electrons. The summed E-state index contributed by atoms with van der Waals surface area (Å²) in [7, 11) is -15.0. The average Bonchev–Trinajstić information content (AvgIpc) is 1.94. The number of hydrogen-bond acceptors (Lipinski definition) is 7. The Kier molecular flexibility index (Phi) is 4.45. The molecular formula is C4H8F2N2O7S3. The van der Waals surface area contributed by atoms with Gasteiger partial charge in [0.1, 0.15) is 0 Å². The maximum absolute atomic E-state index is 13.1. The molecule has 14 heteroatoms. The van der Waals surface area contributed by atoms with Crippen molar-refractivity contribution in [2.24, 2.45) is 0 Å². The van der Waals surface area contributed by atoms with E-state index in [9.17, 15) is 38.8 Å². The van der Waals surface area contributed by atoms with Gasteiger partial charge >= 0.3 is 11.2 Å². The number of halogens is 2. The van der Waals surface area contributed by atoms with Crippen LogP contribution in [0.3, 0.4) is 0 Å². The molecule has 0 saturated heterocycles. The van der Waals surface area contributed by atoms with Crippen molar-refractivity contribution in [3.05, 3.63) is 0 Å². The lowest BCUT2D eigenvalue weighted by molar-refractivity contribution is -0.133. The predicted octanol–water partition coefficient (Wildman–Crippen LogP) is -2.47. The standard InChI is InChI=1S/C4H8F2N2O7S3/c1-16(10,11)7-3(9)4(5,6)18(14,15)8-17(2,12)13/h8H,1-2H3,(H,7,9). The Morgan fingerprint density at radius 3 is 1.61 bits per heavy atom. The van der Waals surface area contributed by atoms with E-state index in [0.717, 1.165) is 4.72 Å². The van der Waals surface area contributed by atoms with Crippen LogP contribution in [0, 0.1) is 0 Å². The van der Waals surface area contributed by atoms with Gasteiger partial charge in [-0.2, -0.15) is 8.78 Å². The van der Waals surface area contributed by atoms with Crippen molar-refractivity contribution in [1.82, 2.24) is 8.85 Å². The number of sulfonamides is 3. The second kappa shape index (κ2) is 4.67. The Morgan fingerprint density at radius 1 is 0.944 bits per heavy atom. The van der Waals surface area contributed by atoms with Crippen LogP contribution in [0.1, 0.15) is 0 Å². The van der Waals surface area contributed by atoms with E-state index in [4.69, 9.17) is 0 Å². The zero-order valence-electron chi connectivity index (χ0n) is 8.84. The molecule has 108 valence electrons. The summed E-state index contributed by atoms with van der Waals surface area (Å²) >= 11 is 0. The summed E-state index contributed by atoms with van der Waals surface area (Å²) < 4.78 is 91.2. The molecule has 0 aliphatic rings. The number of rotatable bonds is 5. The molecule has 0 unspecified atom stereocenters. The highest BCUT2D eigenvalue weighted by Crippen LogP contribution is 2.21. The summed E-state index contributed by atoms with van der Waals surface area (Å²) in [5, 5.41) is -5.28. The molecule has 9 nitrogen and oxygen atoms in total. The van der Waals surface area contributed by atoms with E-state index in [-0.39, 0.29) is 6.26 Å². The Morgan fingerprint density at radius 2 is 1.33 bits per heavy atom. The van der Waals surface area contributed by atoms with Gasteiger partial charge in [0.2, 0.25) is 20.0 Å². The van der Waals surface area contributed by atoms with Crippen molar-refractivity contribution in [3.63, 3.8) is 0 Å². The topological polar surface area (TPSA) is 144 Å². The fourth-order valence-electron chi connectivity index (χ4n) is 0.601. The van der Waals surface area contributed by atoms with Crippen molar-refractivity contribution in [3.8, 4) is 0 Å². The zero-order chi connectivity index (χ0) is 15.0. The smallest absolute Gasteiger partial charge is 0.266 e. The Balaban J connectivity index is 5.46. The van der Waals surface area contributed by atoms with Crippen molar-refractivity contribution in [2.75, 3.05) is 12.5 Å². The highest BCUT2D eigenvalue weighted by atomic mass is 32.3. The molecule has 0 rings (SSSR count). The molecule has 0 saturated carbocycles.